The summed E-state index contributed by atoms with van der Waals surface area (Å²) in [6, 6.07) is 4.62. The van der Waals surface area contributed by atoms with Crippen molar-refractivity contribution in [3.8, 4) is 5.75 Å². The lowest BCUT2D eigenvalue weighted by Crippen LogP contribution is -2.40. The molecule has 1 unspecified atom stereocenters. The number of nitrogens with zero attached hydrogens (tertiary/aromatic N) is 1. The number of sulfonamides is 1. The van der Waals surface area contributed by atoms with Gasteiger partial charge in [-0.15, -0.1) is 0 Å². The summed E-state index contributed by atoms with van der Waals surface area (Å²) >= 11 is 0. The average molecular weight is 325 g/mol. The molecule has 120 valence electrons. The van der Waals surface area contributed by atoms with Gasteiger partial charge < -0.3 is 9.47 Å². The van der Waals surface area contributed by atoms with E-state index in [2.05, 4.69) is 6.58 Å². The molecule has 1 aromatic rings. The van der Waals surface area contributed by atoms with E-state index in [-0.39, 0.29) is 11.3 Å². The highest BCUT2D eigenvalue weighted by Crippen LogP contribution is 2.31. The standard InChI is InChI=1S/C15H19NO5S/c1-4-11-6-7-12(20-3)10-13(11)22(18,19)16-14(17)8-9-15(16)21-5-2/h4,6-7,10,15H,1,5,8-9H2,2-3H3. The van der Waals surface area contributed by atoms with Crippen molar-refractivity contribution in [2.24, 2.45) is 0 Å². The summed E-state index contributed by atoms with van der Waals surface area (Å²) in [5, 5.41) is 0. The van der Waals surface area contributed by atoms with Crippen molar-refractivity contribution in [1.82, 2.24) is 4.31 Å². The largest absolute Gasteiger partial charge is 0.497 e. The zero-order chi connectivity index (χ0) is 16.3. The summed E-state index contributed by atoms with van der Waals surface area (Å²) < 4.78 is 37.1. The zero-order valence-electron chi connectivity index (χ0n) is 12.6. The first-order chi connectivity index (χ1) is 10.5. The third-order valence-electron chi connectivity index (χ3n) is 3.45. The first kappa shape index (κ1) is 16.5. The molecule has 1 fully saturated rings. The molecule has 2 rings (SSSR count). The molecule has 1 amide bonds. The second kappa shape index (κ2) is 6.50. The highest BCUT2D eigenvalue weighted by molar-refractivity contribution is 7.89. The fraction of sp³-hybridized carbons (Fsp3) is 0.400. The van der Waals surface area contributed by atoms with Gasteiger partial charge in [-0.1, -0.05) is 12.7 Å². The Balaban J connectivity index is 2.53. The Labute approximate surface area is 130 Å². The van der Waals surface area contributed by atoms with Crippen molar-refractivity contribution >= 4 is 22.0 Å². The Kier molecular flexibility index (Phi) is 4.87. The monoisotopic (exact) mass is 325 g/mol. The number of carbonyl (C=O) groups is 1. The van der Waals surface area contributed by atoms with E-state index < -0.39 is 22.2 Å². The lowest BCUT2D eigenvalue weighted by Gasteiger charge is -2.25. The van der Waals surface area contributed by atoms with Gasteiger partial charge in [0, 0.05) is 25.5 Å². The van der Waals surface area contributed by atoms with Crippen LogP contribution in [0.4, 0.5) is 0 Å². The summed E-state index contributed by atoms with van der Waals surface area (Å²) in [4.78, 5) is 12.0. The highest BCUT2D eigenvalue weighted by atomic mass is 32.2. The molecule has 1 heterocycles. The van der Waals surface area contributed by atoms with Crippen molar-refractivity contribution < 1.29 is 22.7 Å². The van der Waals surface area contributed by atoms with Gasteiger partial charge in [-0.3, -0.25) is 4.79 Å². The van der Waals surface area contributed by atoms with E-state index in [9.17, 15) is 13.2 Å². The van der Waals surface area contributed by atoms with Gasteiger partial charge in [-0.05, 0) is 24.6 Å². The molecule has 0 aliphatic carbocycles. The van der Waals surface area contributed by atoms with E-state index in [0.29, 0.717) is 24.3 Å². The molecule has 22 heavy (non-hydrogen) atoms. The van der Waals surface area contributed by atoms with Gasteiger partial charge in [-0.2, -0.15) is 0 Å². The van der Waals surface area contributed by atoms with Crippen molar-refractivity contribution in [2.75, 3.05) is 13.7 Å². The molecule has 0 radical (unpaired) electrons. The van der Waals surface area contributed by atoms with Crippen molar-refractivity contribution in [3.63, 3.8) is 0 Å². The van der Waals surface area contributed by atoms with Crippen LogP contribution >= 0.6 is 0 Å². The Morgan fingerprint density at radius 1 is 1.45 bits per heavy atom. The topological polar surface area (TPSA) is 72.9 Å². The molecule has 0 aromatic heterocycles. The minimum atomic E-state index is -4.03. The molecular weight excluding hydrogens is 306 g/mol. The maximum absolute atomic E-state index is 12.9. The number of hydrogen-bond donors (Lipinski definition) is 0. The molecule has 1 aromatic carbocycles. The molecule has 1 saturated heterocycles. The quantitative estimate of drug-likeness (QED) is 0.800. The molecule has 1 aliphatic heterocycles. The van der Waals surface area contributed by atoms with Gasteiger partial charge >= 0.3 is 0 Å². The first-order valence-electron chi connectivity index (χ1n) is 6.95. The number of rotatable bonds is 6. The SMILES string of the molecule is C=Cc1ccc(OC)cc1S(=O)(=O)N1C(=O)CCC1OCC. The summed E-state index contributed by atoms with van der Waals surface area (Å²) in [6.45, 7) is 5.71. The molecule has 1 atom stereocenters. The molecule has 1 aliphatic rings. The second-order valence-corrected chi connectivity index (χ2v) is 6.53. The Hall–Kier alpha value is -1.86. The van der Waals surface area contributed by atoms with Crippen LogP contribution in [0.1, 0.15) is 25.3 Å². The van der Waals surface area contributed by atoms with E-state index in [1.807, 2.05) is 0 Å². The predicted octanol–water partition coefficient (Wildman–Crippen LogP) is 2.01. The van der Waals surface area contributed by atoms with Crippen LogP contribution in [0.5, 0.6) is 5.75 Å². The van der Waals surface area contributed by atoms with E-state index in [0.717, 1.165) is 4.31 Å². The van der Waals surface area contributed by atoms with Crippen LogP contribution in [0.15, 0.2) is 29.7 Å². The number of carbonyl (C=O) groups excluding carboxylic acids is 1. The lowest BCUT2D eigenvalue weighted by molar-refractivity contribution is -0.128. The van der Waals surface area contributed by atoms with Crippen LogP contribution in [-0.2, 0) is 19.6 Å². The average Bonchev–Trinajstić information content (AvgIpc) is 2.88. The van der Waals surface area contributed by atoms with E-state index in [1.54, 1.807) is 19.1 Å². The number of ether oxygens (including phenoxy) is 2. The first-order valence-corrected chi connectivity index (χ1v) is 8.39. The van der Waals surface area contributed by atoms with Gasteiger partial charge in [0.15, 0.2) is 0 Å². The fourth-order valence-corrected chi connectivity index (χ4v) is 4.17. The lowest BCUT2D eigenvalue weighted by atomic mass is 10.2. The second-order valence-electron chi connectivity index (χ2n) is 4.75. The maximum Gasteiger partial charge on any atom is 0.269 e. The van der Waals surface area contributed by atoms with Crippen LogP contribution in [0.25, 0.3) is 6.08 Å². The summed E-state index contributed by atoms with van der Waals surface area (Å²) in [5.41, 5.74) is 0.413. The molecular formula is C15H19NO5S. The molecule has 7 heteroatoms. The van der Waals surface area contributed by atoms with Crippen LogP contribution in [0.2, 0.25) is 0 Å². The Morgan fingerprint density at radius 2 is 2.18 bits per heavy atom. The van der Waals surface area contributed by atoms with Gasteiger partial charge in [0.05, 0.1) is 12.0 Å². The van der Waals surface area contributed by atoms with Gasteiger partial charge in [0.1, 0.15) is 12.0 Å². The molecule has 0 spiro atoms. The summed E-state index contributed by atoms with van der Waals surface area (Å²) in [6.07, 6.45) is 1.19. The van der Waals surface area contributed by atoms with E-state index in [4.69, 9.17) is 9.47 Å². The molecule has 6 nitrogen and oxygen atoms in total. The van der Waals surface area contributed by atoms with Crippen LogP contribution in [0.3, 0.4) is 0 Å². The minimum absolute atomic E-state index is 0.0122. The van der Waals surface area contributed by atoms with E-state index in [1.165, 1.54) is 19.3 Å². The molecule has 0 bridgehead atoms. The maximum atomic E-state index is 12.9. The smallest absolute Gasteiger partial charge is 0.269 e. The zero-order valence-corrected chi connectivity index (χ0v) is 13.4. The molecule has 0 saturated carbocycles. The fourth-order valence-electron chi connectivity index (χ4n) is 2.41. The van der Waals surface area contributed by atoms with Gasteiger partial charge in [0.25, 0.3) is 10.0 Å². The molecule has 0 N–H and O–H groups in total. The number of methoxy groups -OCH3 is 1. The van der Waals surface area contributed by atoms with E-state index >= 15 is 0 Å². The normalized spacial score (nSPS) is 18.5. The van der Waals surface area contributed by atoms with Crippen molar-refractivity contribution in [1.29, 1.82) is 0 Å². The number of benzene rings is 1. The van der Waals surface area contributed by atoms with Gasteiger partial charge in [-0.25, -0.2) is 12.7 Å². The third kappa shape index (κ3) is 2.86. The van der Waals surface area contributed by atoms with Gasteiger partial charge in [0.2, 0.25) is 5.91 Å². The van der Waals surface area contributed by atoms with Crippen LogP contribution in [-0.4, -0.2) is 38.6 Å². The van der Waals surface area contributed by atoms with Crippen molar-refractivity contribution in [2.45, 2.75) is 30.9 Å². The predicted molar refractivity (Wildman–Crippen MR) is 81.8 cm³/mol. The van der Waals surface area contributed by atoms with Crippen LogP contribution < -0.4 is 4.74 Å². The Morgan fingerprint density at radius 3 is 2.77 bits per heavy atom. The summed E-state index contributed by atoms with van der Waals surface area (Å²) in [5.74, 6) is -0.0694. The number of hydrogen-bond acceptors (Lipinski definition) is 5. The van der Waals surface area contributed by atoms with Crippen molar-refractivity contribution in [3.05, 3.63) is 30.3 Å². The minimum Gasteiger partial charge on any atom is -0.497 e. The van der Waals surface area contributed by atoms with Crippen LogP contribution in [0, 0.1) is 0 Å². The third-order valence-corrected chi connectivity index (χ3v) is 5.32. The highest BCUT2D eigenvalue weighted by Gasteiger charge is 2.41. The Bertz CT molecular complexity index is 683. The number of amides is 1. The summed E-state index contributed by atoms with van der Waals surface area (Å²) in [7, 11) is -2.58.